The van der Waals surface area contributed by atoms with Gasteiger partial charge in [-0.25, -0.2) is 0 Å². The van der Waals surface area contributed by atoms with E-state index < -0.39 is 0 Å². The number of carbonyl (C=O) groups is 2. The first-order valence-corrected chi connectivity index (χ1v) is 7.30. The van der Waals surface area contributed by atoms with Crippen molar-refractivity contribution in [1.29, 1.82) is 0 Å². The molecule has 19 heavy (non-hydrogen) atoms. The molecular formula is C15H26N2O2. The molecule has 2 fully saturated rings. The van der Waals surface area contributed by atoms with Crippen LogP contribution in [0.15, 0.2) is 0 Å². The molecule has 108 valence electrons. The molecule has 0 radical (unpaired) electrons. The van der Waals surface area contributed by atoms with Crippen molar-refractivity contribution in [2.45, 2.75) is 53.5 Å². The average Bonchev–Trinajstić information content (AvgIpc) is 2.67. The number of piperazine rings is 1. The van der Waals surface area contributed by atoms with Crippen LogP contribution in [-0.4, -0.2) is 35.8 Å². The molecule has 1 heterocycles. The van der Waals surface area contributed by atoms with Gasteiger partial charge >= 0.3 is 0 Å². The first-order chi connectivity index (χ1) is 8.71. The summed E-state index contributed by atoms with van der Waals surface area (Å²) in [5.41, 5.74) is 0.503. The highest BCUT2D eigenvalue weighted by molar-refractivity contribution is 5.94. The number of nitrogens with zero attached hydrogens (tertiary/aromatic N) is 1. The Labute approximate surface area is 115 Å². The summed E-state index contributed by atoms with van der Waals surface area (Å²) >= 11 is 0. The van der Waals surface area contributed by atoms with Crippen LogP contribution in [0.5, 0.6) is 0 Å². The van der Waals surface area contributed by atoms with Gasteiger partial charge in [-0.2, -0.15) is 0 Å². The topological polar surface area (TPSA) is 49.4 Å². The van der Waals surface area contributed by atoms with E-state index in [1.165, 1.54) is 0 Å². The van der Waals surface area contributed by atoms with Crippen molar-refractivity contribution in [1.82, 2.24) is 10.2 Å². The van der Waals surface area contributed by atoms with Crippen molar-refractivity contribution in [3.05, 3.63) is 0 Å². The summed E-state index contributed by atoms with van der Waals surface area (Å²) in [6, 6.07) is -0.309. The predicted octanol–water partition coefficient (Wildman–Crippen LogP) is 1.80. The summed E-state index contributed by atoms with van der Waals surface area (Å²) in [6.07, 6.45) is 1.64. The van der Waals surface area contributed by atoms with E-state index in [4.69, 9.17) is 0 Å². The minimum Gasteiger partial charge on any atom is -0.343 e. The van der Waals surface area contributed by atoms with Crippen molar-refractivity contribution >= 4 is 11.8 Å². The molecule has 0 aromatic carbocycles. The Bertz CT molecular complexity index is 387. The first-order valence-electron chi connectivity index (χ1n) is 7.30. The van der Waals surface area contributed by atoms with E-state index in [-0.39, 0.29) is 35.2 Å². The molecule has 0 aromatic rings. The van der Waals surface area contributed by atoms with Crippen molar-refractivity contribution in [3.8, 4) is 0 Å². The van der Waals surface area contributed by atoms with Gasteiger partial charge in [0, 0.05) is 6.54 Å². The van der Waals surface area contributed by atoms with Crippen LogP contribution in [0, 0.1) is 16.7 Å². The van der Waals surface area contributed by atoms with E-state index in [0.717, 1.165) is 12.8 Å². The van der Waals surface area contributed by atoms with E-state index in [1.807, 2.05) is 6.92 Å². The van der Waals surface area contributed by atoms with Crippen LogP contribution in [0.3, 0.4) is 0 Å². The number of hydrogen-bond acceptors (Lipinski definition) is 2. The molecule has 1 unspecified atom stereocenters. The second kappa shape index (κ2) is 4.50. The first kappa shape index (κ1) is 14.4. The summed E-state index contributed by atoms with van der Waals surface area (Å²) in [4.78, 5) is 25.8. The summed E-state index contributed by atoms with van der Waals surface area (Å²) in [6.45, 7) is 12.0. The van der Waals surface area contributed by atoms with Crippen LogP contribution in [0.4, 0.5) is 0 Å². The smallest absolute Gasteiger partial charge is 0.245 e. The summed E-state index contributed by atoms with van der Waals surface area (Å²) < 4.78 is 0. The van der Waals surface area contributed by atoms with Gasteiger partial charge in [-0.1, -0.05) is 41.0 Å². The monoisotopic (exact) mass is 266 g/mol. The van der Waals surface area contributed by atoms with Gasteiger partial charge in [0.2, 0.25) is 11.8 Å². The largest absolute Gasteiger partial charge is 0.343 e. The number of amides is 2. The van der Waals surface area contributed by atoms with Gasteiger partial charge in [-0.3, -0.25) is 9.59 Å². The molecule has 1 saturated carbocycles. The quantitative estimate of drug-likeness (QED) is 0.843. The third kappa shape index (κ3) is 2.26. The molecule has 2 aliphatic rings. The maximum Gasteiger partial charge on any atom is 0.245 e. The molecule has 0 bridgehead atoms. The lowest BCUT2D eigenvalue weighted by Gasteiger charge is -2.33. The Morgan fingerprint density at radius 2 is 1.79 bits per heavy atom. The molecule has 2 amide bonds. The maximum atomic E-state index is 12.4. The van der Waals surface area contributed by atoms with Crippen LogP contribution in [0.2, 0.25) is 0 Å². The van der Waals surface area contributed by atoms with E-state index in [9.17, 15) is 9.59 Å². The van der Waals surface area contributed by atoms with Crippen molar-refractivity contribution in [2.24, 2.45) is 16.7 Å². The molecule has 1 atom stereocenters. The van der Waals surface area contributed by atoms with Crippen molar-refractivity contribution in [2.75, 3.05) is 13.1 Å². The van der Waals surface area contributed by atoms with E-state index in [1.54, 1.807) is 4.90 Å². The molecule has 1 N–H and O–H groups in total. The molecule has 2 rings (SSSR count). The van der Waals surface area contributed by atoms with Gasteiger partial charge in [-0.05, 0) is 23.2 Å². The summed E-state index contributed by atoms with van der Waals surface area (Å²) in [5, 5.41) is 2.80. The average molecular weight is 266 g/mol. The molecule has 1 aliphatic carbocycles. The lowest BCUT2D eigenvalue weighted by atomic mass is 10.0. The Hall–Kier alpha value is -1.06. The highest BCUT2D eigenvalue weighted by Gasteiger charge is 2.65. The lowest BCUT2D eigenvalue weighted by molar-refractivity contribution is -0.144. The Morgan fingerprint density at radius 1 is 1.21 bits per heavy atom. The van der Waals surface area contributed by atoms with Gasteiger partial charge in [0.15, 0.2) is 0 Å². The Balaban J connectivity index is 2.04. The van der Waals surface area contributed by atoms with Crippen LogP contribution in [0.25, 0.3) is 0 Å². The molecular weight excluding hydrogens is 240 g/mol. The van der Waals surface area contributed by atoms with Crippen molar-refractivity contribution < 1.29 is 9.59 Å². The predicted molar refractivity (Wildman–Crippen MR) is 74.5 cm³/mol. The lowest BCUT2D eigenvalue weighted by Crippen LogP contribution is -2.58. The van der Waals surface area contributed by atoms with Crippen LogP contribution < -0.4 is 5.32 Å². The molecule has 4 nitrogen and oxygen atoms in total. The highest BCUT2D eigenvalue weighted by Crippen LogP contribution is 2.68. The van der Waals surface area contributed by atoms with Gasteiger partial charge in [0.05, 0.1) is 6.54 Å². The fourth-order valence-corrected chi connectivity index (χ4v) is 3.42. The van der Waals surface area contributed by atoms with Crippen LogP contribution in [-0.2, 0) is 9.59 Å². The van der Waals surface area contributed by atoms with E-state index in [2.05, 4.69) is 33.0 Å². The highest BCUT2D eigenvalue weighted by atomic mass is 16.2. The van der Waals surface area contributed by atoms with Gasteiger partial charge in [0.1, 0.15) is 6.04 Å². The zero-order valence-electron chi connectivity index (χ0n) is 12.7. The Kier molecular flexibility index (Phi) is 3.40. The second-order valence-corrected chi connectivity index (χ2v) is 7.12. The number of rotatable bonds is 4. The minimum absolute atomic E-state index is 0.0192. The van der Waals surface area contributed by atoms with Gasteiger partial charge < -0.3 is 10.2 Å². The minimum atomic E-state index is -0.309. The van der Waals surface area contributed by atoms with Gasteiger partial charge in [0.25, 0.3) is 0 Å². The SMILES string of the molecule is CCCC1NC(=O)CN(CC2C(C)(C)C2(C)C)C1=O. The van der Waals surface area contributed by atoms with E-state index >= 15 is 0 Å². The molecule has 1 aliphatic heterocycles. The zero-order valence-corrected chi connectivity index (χ0v) is 12.7. The summed E-state index contributed by atoms with van der Waals surface area (Å²) in [5.74, 6) is 0.561. The van der Waals surface area contributed by atoms with Gasteiger partial charge in [-0.15, -0.1) is 0 Å². The fraction of sp³-hybridized carbons (Fsp3) is 0.867. The number of hydrogen-bond donors (Lipinski definition) is 1. The molecule has 0 spiro atoms. The Morgan fingerprint density at radius 3 is 2.26 bits per heavy atom. The fourth-order valence-electron chi connectivity index (χ4n) is 3.42. The van der Waals surface area contributed by atoms with E-state index in [0.29, 0.717) is 12.5 Å². The van der Waals surface area contributed by atoms with Crippen molar-refractivity contribution in [3.63, 3.8) is 0 Å². The van der Waals surface area contributed by atoms with Crippen LogP contribution >= 0.6 is 0 Å². The van der Waals surface area contributed by atoms with Crippen LogP contribution in [0.1, 0.15) is 47.5 Å². The normalized spacial score (nSPS) is 29.3. The molecule has 0 aromatic heterocycles. The third-order valence-corrected chi connectivity index (χ3v) is 5.58. The molecule has 1 saturated heterocycles. The standard InChI is InChI=1S/C15H26N2O2/c1-6-7-10-13(19)17(9-12(18)16-10)8-11-14(2,3)15(11,4)5/h10-11H,6-9H2,1-5H3,(H,16,18). The number of nitrogens with one attached hydrogen (secondary N) is 1. The maximum absolute atomic E-state index is 12.4. The zero-order chi connectivity index (χ0) is 14.4. The molecule has 4 heteroatoms. The summed E-state index contributed by atoms with van der Waals surface area (Å²) in [7, 11) is 0. The second-order valence-electron chi connectivity index (χ2n) is 7.12. The third-order valence-electron chi connectivity index (χ3n) is 5.58. The number of carbonyl (C=O) groups excluding carboxylic acids is 2.